The minimum atomic E-state index is -3.51. The molecule has 3 N–H and O–H groups in total. The summed E-state index contributed by atoms with van der Waals surface area (Å²) in [5.74, 6) is 0.305. The van der Waals surface area contributed by atoms with Crippen molar-refractivity contribution in [3.8, 4) is 0 Å². The minimum absolute atomic E-state index is 0.219. The van der Waals surface area contributed by atoms with Crippen LogP contribution in [0.2, 0.25) is 0 Å². The molecule has 1 fully saturated rings. The molecule has 1 heterocycles. The number of fused-ring (bicyclic) bond motifs is 1. The second-order valence-electron chi connectivity index (χ2n) is 8.05. The Morgan fingerprint density at radius 2 is 1.73 bits per heavy atom. The maximum absolute atomic E-state index is 13.1. The topological polar surface area (TPSA) is 87.8 Å². The Kier molecular flexibility index (Phi) is 6.39. The third-order valence-electron chi connectivity index (χ3n) is 5.98. The van der Waals surface area contributed by atoms with E-state index in [0.717, 1.165) is 37.8 Å². The highest BCUT2D eigenvalue weighted by atomic mass is 32.2. The third-order valence-corrected chi connectivity index (χ3v) is 7.98. The molecular formula is C23H30N4O2S. The fourth-order valence-electron chi connectivity index (χ4n) is 4.38. The second-order valence-corrected chi connectivity index (χ2v) is 9.96. The van der Waals surface area contributed by atoms with Crippen LogP contribution in [-0.2, 0) is 29.4 Å². The average Bonchev–Trinajstić information content (AvgIpc) is 2.79. The van der Waals surface area contributed by atoms with Gasteiger partial charge in [-0.05, 0) is 67.3 Å². The number of rotatable bonds is 5. The van der Waals surface area contributed by atoms with Crippen molar-refractivity contribution in [3.05, 3.63) is 59.2 Å². The third kappa shape index (κ3) is 4.52. The smallest absolute Gasteiger partial charge is 0.243 e. The van der Waals surface area contributed by atoms with Gasteiger partial charge in [0.25, 0.3) is 0 Å². The quantitative estimate of drug-likeness (QED) is 0.564. The van der Waals surface area contributed by atoms with Gasteiger partial charge in [-0.1, -0.05) is 36.8 Å². The summed E-state index contributed by atoms with van der Waals surface area (Å²) >= 11 is 0. The predicted molar refractivity (Wildman–Crippen MR) is 121 cm³/mol. The minimum Gasteiger partial charge on any atom is -0.370 e. The van der Waals surface area contributed by atoms with E-state index in [9.17, 15) is 8.42 Å². The molecule has 0 aromatic heterocycles. The van der Waals surface area contributed by atoms with Crippen molar-refractivity contribution < 1.29 is 8.42 Å². The van der Waals surface area contributed by atoms with Crippen LogP contribution in [0.1, 0.15) is 48.8 Å². The first-order valence-corrected chi connectivity index (χ1v) is 12.3. The van der Waals surface area contributed by atoms with E-state index in [0.29, 0.717) is 29.5 Å². The van der Waals surface area contributed by atoms with E-state index in [-0.39, 0.29) is 6.54 Å². The number of nitrogens with zero attached hydrogens (tertiary/aromatic N) is 2. The number of hydrogen-bond donors (Lipinski definition) is 2. The van der Waals surface area contributed by atoms with Crippen LogP contribution < -0.4 is 11.1 Å². The average molecular weight is 427 g/mol. The maximum Gasteiger partial charge on any atom is 0.243 e. The van der Waals surface area contributed by atoms with Gasteiger partial charge in [0, 0.05) is 18.8 Å². The molecule has 1 aliphatic heterocycles. The van der Waals surface area contributed by atoms with Gasteiger partial charge in [0.2, 0.25) is 10.0 Å². The highest BCUT2D eigenvalue weighted by Crippen LogP contribution is 2.28. The van der Waals surface area contributed by atoms with Gasteiger partial charge in [-0.3, -0.25) is 0 Å². The van der Waals surface area contributed by atoms with Crippen molar-refractivity contribution in [2.45, 2.75) is 56.4 Å². The van der Waals surface area contributed by atoms with Crippen molar-refractivity contribution >= 4 is 21.7 Å². The Balaban J connectivity index is 1.52. The summed E-state index contributed by atoms with van der Waals surface area (Å²) in [6.07, 6.45) is 7.47. The highest BCUT2D eigenvalue weighted by molar-refractivity contribution is 7.89. The molecule has 0 bridgehead atoms. The zero-order valence-electron chi connectivity index (χ0n) is 17.3. The number of aryl methyl sites for hydroxylation is 1. The lowest BCUT2D eigenvalue weighted by Crippen LogP contribution is -2.36. The van der Waals surface area contributed by atoms with Crippen LogP contribution in [0.5, 0.6) is 0 Å². The lowest BCUT2D eigenvalue weighted by atomic mass is 9.90. The molecule has 1 aliphatic carbocycles. The molecule has 7 heteroatoms. The predicted octanol–water partition coefficient (Wildman–Crippen LogP) is 3.67. The highest BCUT2D eigenvalue weighted by Gasteiger charge is 2.27. The molecule has 160 valence electrons. The number of aliphatic imine (C=N–C) groups is 1. The molecule has 2 aliphatic rings. The molecule has 0 unspecified atom stereocenters. The molecule has 0 saturated carbocycles. The molecule has 2 aromatic carbocycles. The summed E-state index contributed by atoms with van der Waals surface area (Å²) in [5.41, 5.74) is 10.5. The van der Waals surface area contributed by atoms with Gasteiger partial charge in [-0.15, -0.1) is 0 Å². The zero-order chi connectivity index (χ0) is 21.0. The van der Waals surface area contributed by atoms with Crippen LogP contribution in [-0.4, -0.2) is 31.8 Å². The fourth-order valence-corrected chi connectivity index (χ4v) is 6.11. The van der Waals surface area contributed by atoms with Crippen molar-refractivity contribution in [1.82, 2.24) is 4.31 Å². The number of piperidine rings is 1. The largest absolute Gasteiger partial charge is 0.370 e. The summed E-state index contributed by atoms with van der Waals surface area (Å²) in [5, 5.41) is 3.23. The number of benzene rings is 2. The van der Waals surface area contributed by atoms with E-state index >= 15 is 0 Å². The van der Waals surface area contributed by atoms with Gasteiger partial charge in [-0.25, -0.2) is 13.4 Å². The van der Waals surface area contributed by atoms with Crippen molar-refractivity contribution in [2.75, 3.05) is 18.4 Å². The first-order chi connectivity index (χ1) is 14.6. The molecular weight excluding hydrogens is 396 g/mol. The Hall–Kier alpha value is -2.38. The monoisotopic (exact) mass is 426 g/mol. The molecule has 0 radical (unpaired) electrons. The van der Waals surface area contributed by atoms with Crippen LogP contribution >= 0.6 is 0 Å². The van der Waals surface area contributed by atoms with Gasteiger partial charge >= 0.3 is 0 Å². The Labute approximate surface area is 179 Å². The van der Waals surface area contributed by atoms with Crippen molar-refractivity contribution in [3.63, 3.8) is 0 Å². The molecule has 2 aromatic rings. The fraction of sp³-hybridized carbons (Fsp3) is 0.435. The number of anilines is 1. The molecule has 1 saturated heterocycles. The molecule has 6 nitrogen and oxygen atoms in total. The van der Waals surface area contributed by atoms with Gasteiger partial charge < -0.3 is 11.1 Å². The van der Waals surface area contributed by atoms with Crippen LogP contribution in [0, 0.1) is 0 Å². The SMILES string of the molecule is NC(=NCc1ccccc1S(=O)(=O)N1CCCCC1)Nc1cccc2c1CCCC2. The van der Waals surface area contributed by atoms with E-state index in [4.69, 9.17) is 5.73 Å². The molecule has 0 spiro atoms. The van der Waals surface area contributed by atoms with Gasteiger partial charge in [-0.2, -0.15) is 4.31 Å². The standard InChI is InChI=1S/C23H30N4O2S/c24-23(26-21-13-8-11-18-9-2-4-12-20(18)21)25-17-19-10-3-5-14-22(19)30(28,29)27-15-6-1-7-16-27/h3,5,8,10-11,13-14H,1-2,4,6-7,9,12,15-17H2,(H3,24,25,26). The van der Waals surface area contributed by atoms with Crippen LogP contribution in [0.3, 0.4) is 0 Å². The zero-order valence-corrected chi connectivity index (χ0v) is 18.1. The summed E-state index contributed by atoms with van der Waals surface area (Å²) in [6, 6.07) is 13.3. The number of sulfonamides is 1. The number of nitrogens with one attached hydrogen (secondary N) is 1. The molecule has 30 heavy (non-hydrogen) atoms. The van der Waals surface area contributed by atoms with Crippen molar-refractivity contribution in [2.24, 2.45) is 10.7 Å². The van der Waals surface area contributed by atoms with Gasteiger partial charge in [0.05, 0.1) is 11.4 Å². The molecule has 0 amide bonds. The van der Waals surface area contributed by atoms with Crippen LogP contribution in [0.4, 0.5) is 5.69 Å². The second kappa shape index (κ2) is 9.18. The van der Waals surface area contributed by atoms with E-state index in [1.807, 2.05) is 24.3 Å². The van der Waals surface area contributed by atoms with E-state index < -0.39 is 10.0 Å². The van der Waals surface area contributed by atoms with Gasteiger partial charge in [0.1, 0.15) is 0 Å². The first kappa shape index (κ1) is 20.9. The number of nitrogens with two attached hydrogens (primary N) is 1. The number of hydrogen-bond acceptors (Lipinski definition) is 3. The van der Waals surface area contributed by atoms with Gasteiger partial charge in [0.15, 0.2) is 5.96 Å². The molecule has 0 atom stereocenters. The Bertz CT molecular complexity index is 1030. The Morgan fingerprint density at radius 1 is 0.967 bits per heavy atom. The van der Waals surface area contributed by atoms with E-state index in [1.165, 1.54) is 24.0 Å². The maximum atomic E-state index is 13.1. The first-order valence-electron chi connectivity index (χ1n) is 10.8. The molecule has 4 rings (SSSR count). The summed E-state index contributed by atoms with van der Waals surface area (Å²) in [7, 11) is -3.51. The lowest BCUT2D eigenvalue weighted by Gasteiger charge is -2.26. The van der Waals surface area contributed by atoms with Crippen LogP contribution in [0.15, 0.2) is 52.4 Å². The lowest BCUT2D eigenvalue weighted by molar-refractivity contribution is 0.346. The van der Waals surface area contributed by atoms with E-state index in [2.05, 4.69) is 16.4 Å². The normalized spacial score (nSPS) is 18.1. The summed E-state index contributed by atoms with van der Waals surface area (Å²) < 4.78 is 27.9. The van der Waals surface area contributed by atoms with Crippen molar-refractivity contribution in [1.29, 1.82) is 0 Å². The van der Waals surface area contributed by atoms with Crippen LogP contribution in [0.25, 0.3) is 0 Å². The summed E-state index contributed by atoms with van der Waals surface area (Å²) in [6.45, 7) is 1.39. The van der Waals surface area contributed by atoms with E-state index in [1.54, 1.807) is 16.4 Å². The number of guanidine groups is 1. The summed E-state index contributed by atoms with van der Waals surface area (Å²) in [4.78, 5) is 4.79. The Morgan fingerprint density at radius 3 is 2.57 bits per heavy atom.